The molecule has 7 heteroatoms. The predicted octanol–water partition coefficient (Wildman–Crippen LogP) is 3.34. The molecule has 7 nitrogen and oxygen atoms in total. The molecule has 0 spiro atoms. The van der Waals surface area contributed by atoms with E-state index in [9.17, 15) is 14.4 Å². The van der Waals surface area contributed by atoms with Crippen LogP contribution in [0.25, 0.3) is 0 Å². The van der Waals surface area contributed by atoms with Crippen LogP contribution in [-0.4, -0.2) is 65.4 Å². The maximum atomic E-state index is 13.5. The Hall–Kier alpha value is -2.57. The van der Waals surface area contributed by atoms with E-state index < -0.39 is 11.5 Å². The second-order valence-electron chi connectivity index (χ2n) is 10.6. The molecule has 0 aromatic heterocycles. The molecule has 0 bridgehead atoms. The van der Waals surface area contributed by atoms with Crippen molar-refractivity contribution < 1.29 is 14.4 Å². The number of rotatable bonds is 5. The molecule has 0 radical (unpaired) electrons. The van der Waals surface area contributed by atoms with Gasteiger partial charge in [0, 0.05) is 43.6 Å². The maximum absolute atomic E-state index is 13.5. The molecule has 2 N–H and O–H groups in total. The van der Waals surface area contributed by atoms with Gasteiger partial charge in [0.2, 0.25) is 11.8 Å². The second kappa shape index (κ2) is 11.0. The first-order valence-corrected chi connectivity index (χ1v) is 12.4. The largest absolute Gasteiger partial charge is 0.344 e. The van der Waals surface area contributed by atoms with Gasteiger partial charge in [0.15, 0.2) is 0 Å². The molecule has 1 heterocycles. The minimum absolute atomic E-state index is 0.0247. The summed E-state index contributed by atoms with van der Waals surface area (Å²) >= 11 is 0. The van der Waals surface area contributed by atoms with Gasteiger partial charge in [0.1, 0.15) is 6.04 Å². The van der Waals surface area contributed by atoms with Gasteiger partial charge < -0.3 is 20.4 Å². The Bertz CT molecular complexity index is 815. The third-order valence-electron chi connectivity index (χ3n) is 6.70. The van der Waals surface area contributed by atoms with E-state index in [1.165, 1.54) is 19.3 Å². The van der Waals surface area contributed by atoms with Gasteiger partial charge in [-0.25, -0.2) is 4.79 Å². The van der Waals surface area contributed by atoms with Gasteiger partial charge in [-0.05, 0) is 25.3 Å². The summed E-state index contributed by atoms with van der Waals surface area (Å²) in [5.41, 5.74) is 0.418. The lowest BCUT2D eigenvalue weighted by molar-refractivity contribution is -0.140. The molecular weight excluding hydrogens is 416 g/mol. The number of piperazine rings is 1. The van der Waals surface area contributed by atoms with E-state index in [4.69, 9.17) is 0 Å². The summed E-state index contributed by atoms with van der Waals surface area (Å²) in [6, 6.07) is 9.29. The van der Waals surface area contributed by atoms with Gasteiger partial charge in [0.05, 0.1) is 0 Å². The summed E-state index contributed by atoms with van der Waals surface area (Å²) in [7, 11) is 0. The van der Waals surface area contributed by atoms with E-state index in [1.807, 2.05) is 62.9 Å². The summed E-state index contributed by atoms with van der Waals surface area (Å²) < 4.78 is 0. The highest BCUT2D eigenvalue weighted by Crippen LogP contribution is 2.19. The highest BCUT2D eigenvalue weighted by atomic mass is 16.2. The van der Waals surface area contributed by atoms with Crippen LogP contribution in [0.4, 0.5) is 4.79 Å². The molecule has 2 aliphatic rings. The summed E-state index contributed by atoms with van der Waals surface area (Å²) in [6.45, 7) is 8.95. The first-order valence-electron chi connectivity index (χ1n) is 12.4. The molecule has 1 aromatic rings. The van der Waals surface area contributed by atoms with Crippen LogP contribution in [0.1, 0.15) is 65.4 Å². The molecule has 3 rings (SSSR count). The van der Waals surface area contributed by atoms with Crippen molar-refractivity contribution in [2.45, 2.75) is 84.3 Å². The Morgan fingerprint density at radius 1 is 1.03 bits per heavy atom. The van der Waals surface area contributed by atoms with Crippen molar-refractivity contribution in [2.24, 2.45) is 5.41 Å². The fraction of sp³-hybridized carbons (Fsp3) is 0.654. The monoisotopic (exact) mass is 456 g/mol. The second-order valence-corrected chi connectivity index (χ2v) is 10.6. The van der Waals surface area contributed by atoms with Crippen LogP contribution in [0.3, 0.4) is 0 Å². The van der Waals surface area contributed by atoms with Crippen molar-refractivity contribution in [3.63, 3.8) is 0 Å². The fourth-order valence-electron chi connectivity index (χ4n) is 4.61. The zero-order chi connectivity index (χ0) is 24.0. The lowest BCUT2D eigenvalue weighted by Crippen LogP contribution is -2.61. The first kappa shape index (κ1) is 25.1. The van der Waals surface area contributed by atoms with Crippen LogP contribution in [-0.2, 0) is 16.0 Å². The number of nitrogens with one attached hydrogen (secondary N) is 2. The van der Waals surface area contributed by atoms with E-state index in [1.54, 1.807) is 4.90 Å². The number of hydrogen-bond donors (Lipinski definition) is 2. The average Bonchev–Trinajstić information content (AvgIpc) is 2.78. The zero-order valence-corrected chi connectivity index (χ0v) is 20.6. The molecule has 1 aromatic carbocycles. The smallest absolute Gasteiger partial charge is 0.317 e. The maximum Gasteiger partial charge on any atom is 0.317 e. The van der Waals surface area contributed by atoms with Crippen molar-refractivity contribution in [3.8, 4) is 0 Å². The Labute approximate surface area is 198 Å². The molecule has 1 saturated carbocycles. The van der Waals surface area contributed by atoms with E-state index >= 15 is 0 Å². The van der Waals surface area contributed by atoms with Crippen LogP contribution in [0.5, 0.6) is 0 Å². The number of carbonyl (C=O) groups is 3. The third kappa shape index (κ3) is 6.95. The van der Waals surface area contributed by atoms with Crippen LogP contribution >= 0.6 is 0 Å². The lowest BCUT2D eigenvalue weighted by atomic mass is 9.94. The molecule has 1 aliphatic carbocycles. The first-order chi connectivity index (χ1) is 15.6. The summed E-state index contributed by atoms with van der Waals surface area (Å²) in [5.74, 6) is -0.231. The minimum atomic E-state index is -0.631. The highest BCUT2D eigenvalue weighted by Gasteiger charge is 2.35. The number of amides is 4. The standard InChI is InChI=1S/C26H40N4O3/c1-19-18-29(15-16-30(19)25(33)27-21-13-9-6-10-14-21)23(31)22(28-24(32)26(2,3)4)17-20-11-7-5-8-12-20/h5,7-8,11-12,19,21-22H,6,9-10,13-18H2,1-4H3,(H,27,33)(H,28,32). The van der Waals surface area contributed by atoms with E-state index in [2.05, 4.69) is 10.6 Å². The Morgan fingerprint density at radius 3 is 2.30 bits per heavy atom. The van der Waals surface area contributed by atoms with Crippen molar-refractivity contribution in [2.75, 3.05) is 19.6 Å². The topological polar surface area (TPSA) is 81.8 Å². The molecule has 4 amide bonds. The predicted molar refractivity (Wildman–Crippen MR) is 130 cm³/mol. The van der Waals surface area contributed by atoms with E-state index in [0.717, 1.165) is 18.4 Å². The van der Waals surface area contributed by atoms with Crippen LogP contribution in [0.15, 0.2) is 30.3 Å². The Balaban J connectivity index is 1.63. The van der Waals surface area contributed by atoms with Crippen molar-refractivity contribution in [3.05, 3.63) is 35.9 Å². The van der Waals surface area contributed by atoms with Gasteiger partial charge in [-0.1, -0.05) is 70.4 Å². The molecule has 2 fully saturated rings. The van der Waals surface area contributed by atoms with Crippen LogP contribution in [0, 0.1) is 5.41 Å². The van der Waals surface area contributed by atoms with Gasteiger partial charge in [-0.3, -0.25) is 9.59 Å². The third-order valence-corrected chi connectivity index (χ3v) is 6.70. The van der Waals surface area contributed by atoms with Gasteiger partial charge in [-0.2, -0.15) is 0 Å². The van der Waals surface area contributed by atoms with Gasteiger partial charge in [0.25, 0.3) is 0 Å². The SMILES string of the molecule is CC1CN(C(=O)C(Cc2ccccc2)NC(=O)C(C)(C)C)CCN1C(=O)NC1CCCCC1. The number of carbonyl (C=O) groups excluding carboxylic acids is 3. The molecule has 182 valence electrons. The molecule has 1 saturated heterocycles. The van der Waals surface area contributed by atoms with Gasteiger partial charge >= 0.3 is 6.03 Å². The molecular formula is C26H40N4O3. The van der Waals surface area contributed by atoms with E-state index in [-0.39, 0.29) is 29.9 Å². The van der Waals surface area contributed by atoms with Crippen molar-refractivity contribution in [1.82, 2.24) is 20.4 Å². The number of benzene rings is 1. The highest BCUT2D eigenvalue weighted by molar-refractivity contribution is 5.90. The van der Waals surface area contributed by atoms with Gasteiger partial charge in [-0.15, -0.1) is 0 Å². The number of urea groups is 1. The zero-order valence-electron chi connectivity index (χ0n) is 20.6. The molecule has 1 aliphatic heterocycles. The Kier molecular flexibility index (Phi) is 8.38. The number of nitrogens with zero attached hydrogens (tertiary/aromatic N) is 2. The summed E-state index contributed by atoms with van der Waals surface area (Å²) in [4.78, 5) is 42.7. The average molecular weight is 457 g/mol. The normalized spacial score (nSPS) is 20.8. The van der Waals surface area contributed by atoms with Crippen molar-refractivity contribution >= 4 is 17.8 Å². The van der Waals surface area contributed by atoms with Crippen LogP contribution < -0.4 is 10.6 Å². The summed E-state index contributed by atoms with van der Waals surface area (Å²) in [6.07, 6.45) is 6.13. The van der Waals surface area contributed by atoms with Crippen molar-refractivity contribution in [1.29, 1.82) is 0 Å². The van der Waals surface area contributed by atoms with Crippen LogP contribution in [0.2, 0.25) is 0 Å². The molecule has 33 heavy (non-hydrogen) atoms. The number of hydrogen-bond acceptors (Lipinski definition) is 3. The summed E-state index contributed by atoms with van der Waals surface area (Å²) in [5, 5.41) is 6.17. The quantitative estimate of drug-likeness (QED) is 0.713. The minimum Gasteiger partial charge on any atom is -0.344 e. The Morgan fingerprint density at radius 2 is 1.70 bits per heavy atom. The lowest BCUT2D eigenvalue weighted by Gasteiger charge is -2.41. The molecule has 2 atom stereocenters. The van der Waals surface area contributed by atoms with E-state index in [0.29, 0.717) is 26.1 Å². The molecule has 2 unspecified atom stereocenters. The fourth-order valence-corrected chi connectivity index (χ4v) is 4.61.